The van der Waals surface area contributed by atoms with Crippen molar-refractivity contribution in [3.63, 3.8) is 0 Å². The van der Waals surface area contributed by atoms with Gasteiger partial charge in [-0.05, 0) is 36.3 Å². The molecule has 0 aliphatic heterocycles. The molecule has 0 spiro atoms. The lowest BCUT2D eigenvalue weighted by Crippen LogP contribution is -2.38. The van der Waals surface area contributed by atoms with E-state index in [0.717, 1.165) is 30.2 Å². The Hall–Kier alpha value is -1.50. The molecule has 7 heteroatoms. The number of likely N-dealkylation sites (N-methyl/N-ethyl adjacent to an activating group) is 1. The summed E-state index contributed by atoms with van der Waals surface area (Å²) in [5.74, 6) is -0.154. The number of hydrogen-bond donors (Lipinski definition) is 1. The van der Waals surface area contributed by atoms with E-state index < -0.39 is 0 Å². The van der Waals surface area contributed by atoms with E-state index in [1.54, 1.807) is 0 Å². The molecule has 0 radical (unpaired) electrons. The van der Waals surface area contributed by atoms with Crippen LogP contribution in [0.3, 0.4) is 0 Å². The van der Waals surface area contributed by atoms with Gasteiger partial charge in [0, 0.05) is 11.6 Å². The summed E-state index contributed by atoms with van der Waals surface area (Å²) in [6, 6.07) is 7.79. The van der Waals surface area contributed by atoms with Crippen molar-refractivity contribution < 1.29 is 4.79 Å². The van der Waals surface area contributed by atoms with Gasteiger partial charge in [-0.2, -0.15) is 0 Å². The van der Waals surface area contributed by atoms with Gasteiger partial charge in [-0.1, -0.05) is 48.1 Å². The van der Waals surface area contributed by atoms with Crippen molar-refractivity contribution in [2.45, 2.75) is 19.9 Å². The van der Waals surface area contributed by atoms with Crippen molar-refractivity contribution in [3.8, 4) is 0 Å². The van der Waals surface area contributed by atoms with E-state index in [2.05, 4.69) is 33.7 Å². The van der Waals surface area contributed by atoms with Crippen molar-refractivity contribution in [1.82, 2.24) is 19.8 Å². The van der Waals surface area contributed by atoms with E-state index in [1.165, 1.54) is 6.20 Å². The number of aromatic nitrogens is 2. The molecule has 1 atom stereocenters. The molecule has 1 heterocycles. The molecule has 0 saturated heterocycles. The molecule has 0 bridgehead atoms. The second-order valence-electron chi connectivity index (χ2n) is 4.75. The predicted molar refractivity (Wildman–Crippen MR) is 89.4 cm³/mol. The SMILES string of the molecule is CCN(CC)C(CNC(=O)c1cnns1)c1ccccc1Cl. The zero-order valence-electron chi connectivity index (χ0n) is 12.6. The highest BCUT2D eigenvalue weighted by Gasteiger charge is 2.21. The monoisotopic (exact) mass is 338 g/mol. The molecular weight excluding hydrogens is 320 g/mol. The predicted octanol–water partition coefficient (Wildman–Crippen LogP) is 3.00. The van der Waals surface area contributed by atoms with Crippen LogP contribution in [0.15, 0.2) is 30.5 Å². The van der Waals surface area contributed by atoms with Crippen LogP contribution in [-0.4, -0.2) is 40.0 Å². The van der Waals surface area contributed by atoms with Gasteiger partial charge in [0.1, 0.15) is 4.88 Å². The molecule has 118 valence electrons. The number of benzene rings is 1. The Morgan fingerprint density at radius 1 is 1.36 bits per heavy atom. The maximum absolute atomic E-state index is 12.1. The van der Waals surface area contributed by atoms with Gasteiger partial charge in [0.05, 0.1) is 12.2 Å². The first-order valence-corrected chi connectivity index (χ1v) is 8.36. The van der Waals surface area contributed by atoms with Crippen molar-refractivity contribution in [2.75, 3.05) is 19.6 Å². The van der Waals surface area contributed by atoms with E-state index in [-0.39, 0.29) is 11.9 Å². The van der Waals surface area contributed by atoms with Crippen LogP contribution in [0.2, 0.25) is 5.02 Å². The molecule has 0 saturated carbocycles. The number of hydrogen-bond acceptors (Lipinski definition) is 5. The fraction of sp³-hybridized carbons (Fsp3) is 0.400. The lowest BCUT2D eigenvalue weighted by atomic mass is 10.0. The quantitative estimate of drug-likeness (QED) is 0.843. The van der Waals surface area contributed by atoms with E-state index in [1.807, 2.05) is 24.3 Å². The lowest BCUT2D eigenvalue weighted by molar-refractivity contribution is 0.0939. The van der Waals surface area contributed by atoms with Gasteiger partial charge in [-0.3, -0.25) is 9.69 Å². The highest BCUT2D eigenvalue weighted by atomic mass is 35.5. The van der Waals surface area contributed by atoms with E-state index in [4.69, 9.17) is 11.6 Å². The fourth-order valence-corrected chi connectivity index (χ4v) is 3.08. The Morgan fingerprint density at radius 2 is 2.09 bits per heavy atom. The molecular formula is C15H19ClN4OS. The smallest absolute Gasteiger partial charge is 0.264 e. The standard InChI is InChI=1S/C15H19ClN4OS/c1-3-20(4-2)13(11-7-5-6-8-12(11)16)9-17-15(21)14-10-18-19-22-14/h5-8,10,13H,3-4,9H2,1-2H3,(H,17,21). The summed E-state index contributed by atoms with van der Waals surface area (Å²) in [6.45, 7) is 6.45. The third-order valence-electron chi connectivity index (χ3n) is 3.56. The first-order chi connectivity index (χ1) is 10.7. The van der Waals surface area contributed by atoms with E-state index >= 15 is 0 Å². The number of rotatable bonds is 7. The Labute approximate surface area is 139 Å². The highest BCUT2D eigenvalue weighted by molar-refractivity contribution is 7.07. The lowest BCUT2D eigenvalue weighted by Gasteiger charge is -2.30. The molecule has 22 heavy (non-hydrogen) atoms. The summed E-state index contributed by atoms with van der Waals surface area (Å²) in [5, 5.41) is 7.35. The van der Waals surface area contributed by atoms with Gasteiger partial charge >= 0.3 is 0 Å². The summed E-state index contributed by atoms with van der Waals surface area (Å²) in [5.41, 5.74) is 1.02. The van der Waals surface area contributed by atoms with Crippen LogP contribution >= 0.6 is 23.1 Å². The molecule has 2 rings (SSSR count). The van der Waals surface area contributed by atoms with Crippen LogP contribution in [0.5, 0.6) is 0 Å². The number of halogens is 1. The fourth-order valence-electron chi connectivity index (χ4n) is 2.39. The number of nitrogens with zero attached hydrogens (tertiary/aromatic N) is 3. The van der Waals surface area contributed by atoms with E-state index in [0.29, 0.717) is 16.4 Å². The van der Waals surface area contributed by atoms with Crippen LogP contribution in [0, 0.1) is 0 Å². The van der Waals surface area contributed by atoms with Gasteiger partial charge in [-0.15, -0.1) is 5.10 Å². The van der Waals surface area contributed by atoms with Crippen LogP contribution < -0.4 is 5.32 Å². The summed E-state index contributed by atoms with van der Waals surface area (Å²) in [4.78, 5) is 14.9. The zero-order valence-corrected chi connectivity index (χ0v) is 14.2. The van der Waals surface area contributed by atoms with Gasteiger partial charge in [0.15, 0.2) is 0 Å². The Morgan fingerprint density at radius 3 is 2.68 bits per heavy atom. The number of amides is 1. The first-order valence-electron chi connectivity index (χ1n) is 7.21. The molecule has 1 amide bonds. The minimum absolute atomic E-state index is 0.0357. The van der Waals surface area contributed by atoms with Crippen LogP contribution in [0.25, 0.3) is 0 Å². The first kappa shape index (κ1) is 16.9. The average molecular weight is 339 g/mol. The Bertz CT molecular complexity index is 601. The molecule has 5 nitrogen and oxygen atoms in total. The summed E-state index contributed by atoms with van der Waals surface area (Å²) in [7, 11) is 0. The molecule has 0 aliphatic rings. The highest BCUT2D eigenvalue weighted by Crippen LogP contribution is 2.27. The molecule has 1 N–H and O–H groups in total. The number of carbonyl (C=O) groups excluding carboxylic acids is 1. The minimum Gasteiger partial charge on any atom is -0.349 e. The third-order valence-corrected chi connectivity index (χ3v) is 4.57. The number of nitrogens with one attached hydrogen (secondary N) is 1. The largest absolute Gasteiger partial charge is 0.349 e. The Balaban J connectivity index is 2.15. The summed E-state index contributed by atoms with van der Waals surface area (Å²) in [6.07, 6.45) is 1.47. The third kappa shape index (κ3) is 4.03. The summed E-state index contributed by atoms with van der Waals surface area (Å²) < 4.78 is 3.71. The molecule has 1 unspecified atom stereocenters. The van der Waals surface area contributed by atoms with Crippen LogP contribution in [0.4, 0.5) is 0 Å². The number of carbonyl (C=O) groups is 1. The molecule has 0 fully saturated rings. The molecule has 0 aliphatic carbocycles. The normalized spacial score (nSPS) is 12.4. The van der Waals surface area contributed by atoms with Crippen LogP contribution in [0.1, 0.15) is 35.1 Å². The van der Waals surface area contributed by atoms with Gasteiger partial charge in [-0.25, -0.2) is 0 Å². The van der Waals surface area contributed by atoms with Crippen molar-refractivity contribution in [1.29, 1.82) is 0 Å². The maximum atomic E-state index is 12.1. The second kappa shape index (κ2) is 8.22. The molecule has 1 aromatic carbocycles. The van der Waals surface area contributed by atoms with Crippen molar-refractivity contribution in [3.05, 3.63) is 45.9 Å². The van der Waals surface area contributed by atoms with Crippen molar-refractivity contribution in [2.24, 2.45) is 0 Å². The topological polar surface area (TPSA) is 58.1 Å². The van der Waals surface area contributed by atoms with E-state index in [9.17, 15) is 4.79 Å². The van der Waals surface area contributed by atoms with Gasteiger partial charge < -0.3 is 5.32 Å². The Kier molecular flexibility index (Phi) is 6.30. The average Bonchev–Trinajstić information content (AvgIpc) is 3.06. The van der Waals surface area contributed by atoms with Gasteiger partial charge in [0.2, 0.25) is 0 Å². The summed E-state index contributed by atoms with van der Waals surface area (Å²) >= 11 is 7.42. The maximum Gasteiger partial charge on any atom is 0.264 e. The minimum atomic E-state index is -0.154. The second-order valence-corrected chi connectivity index (χ2v) is 5.94. The van der Waals surface area contributed by atoms with Crippen LogP contribution in [-0.2, 0) is 0 Å². The molecule has 1 aromatic heterocycles. The van der Waals surface area contributed by atoms with Gasteiger partial charge in [0.25, 0.3) is 5.91 Å². The van der Waals surface area contributed by atoms with Crippen molar-refractivity contribution >= 4 is 29.0 Å². The molecule has 2 aromatic rings. The zero-order chi connectivity index (χ0) is 15.9.